The minimum atomic E-state index is 0.484. The van der Waals surface area contributed by atoms with Crippen LogP contribution in [-0.2, 0) is 0 Å². The molecule has 0 heterocycles. The summed E-state index contributed by atoms with van der Waals surface area (Å²) in [5.74, 6) is 2.13. The molecular weight excluding hydrogens is 253 g/mol. The summed E-state index contributed by atoms with van der Waals surface area (Å²) in [6.07, 6.45) is 7.18. The largest absolute Gasteiger partial charge is 0.311 e. The molecule has 19 heavy (non-hydrogen) atoms. The zero-order valence-corrected chi connectivity index (χ0v) is 13.9. The minimum absolute atomic E-state index is 0.484. The standard InChI is InChI=1S/C15H30N3P/c1-5-15(7-6-10-17-13(3)19)18(16-4)11-12(2)14-8-9-14/h5,12-14,17H,4,6-11,19H2,1-3H3/b15-5-. The van der Waals surface area contributed by atoms with Gasteiger partial charge in [0.1, 0.15) is 0 Å². The summed E-state index contributed by atoms with van der Waals surface area (Å²) in [6, 6.07) is 0. The van der Waals surface area contributed by atoms with Crippen molar-refractivity contribution in [2.45, 2.75) is 52.2 Å². The monoisotopic (exact) mass is 283 g/mol. The summed E-state index contributed by atoms with van der Waals surface area (Å²) < 4.78 is 0. The Kier molecular flexibility index (Phi) is 7.63. The van der Waals surface area contributed by atoms with E-state index in [-0.39, 0.29) is 0 Å². The van der Waals surface area contributed by atoms with Crippen molar-refractivity contribution in [3.8, 4) is 0 Å². The molecule has 4 heteroatoms. The highest BCUT2D eigenvalue weighted by Crippen LogP contribution is 2.37. The molecule has 3 unspecified atom stereocenters. The van der Waals surface area contributed by atoms with Gasteiger partial charge in [0.15, 0.2) is 0 Å². The number of allylic oxidation sites excluding steroid dienone is 2. The van der Waals surface area contributed by atoms with Crippen molar-refractivity contribution in [2.24, 2.45) is 16.9 Å². The molecule has 1 saturated carbocycles. The number of hydrogen-bond acceptors (Lipinski definition) is 3. The smallest absolute Gasteiger partial charge is 0.0440 e. The predicted molar refractivity (Wildman–Crippen MR) is 88.3 cm³/mol. The average molecular weight is 283 g/mol. The van der Waals surface area contributed by atoms with Crippen LogP contribution in [0.15, 0.2) is 16.9 Å². The fourth-order valence-electron chi connectivity index (χ4n) is 2.37. The van der Waals surface area contributed by atoms with Gasteiger partial charge in [-0.15, -0.1) is 9.24 Å². The van der Waals surface area contributed by atoms with Crippen molar-refractivity contribution in [1.82, 2.24) is 10.3 Å². The highest BCUT2D eigenvalue weighted by atomic mass is 31.0. The zero-order valence-electron chi connectivity index (χ0n) is 12.7. The maximum atomic E-state index is 4.21. The Balaban J connectivity index is 2.35. The van der Waals surface area contributed by atoms with E-state index in [1.54, 1.807) is 0 Å². The lowest BCUT2D eigenvalue weighted by Gasteiger charge is -2.25. The molecule has 1 aliphatic rings. The highest BCUT2D eigenvalue weighted by molar-refractivity contribution is 7.17. The molecule has 0 amide bonds. The van der Waals surface area contributed by atoms with Gasteiger partial charge >= 0.3 is 0 Å². The summed E-state index contributed by atoms with van der Waals surface area (Å²) in [7, 11) is 2.77. The predicted octanol–water partition coefficient (Wildman–Crippen LogP) is 3.44. The van der Waals surface area contributed by atoms with Gasteiger partial charge in [-0.1, -0.05) is 13.0 Å². The van der Waals surface area contributed by atoms with Crippen LogP contribution in [0.2, 0.25) is 0 Å². The summed E-state index contributed by atoms with van der Waals surface area (Å²) in [4.78, 5) is 0. The lowest BCUT2D eigenvalue weighted by atomic mass is 10.1. The lowest BCUT2D eigenvalue weighted by Crippen LogP contribution is -2.25. The SMILES string of the molecule is C=NN(CC(C)C1CC1)/C(=C\C)CCCNC(C)P. The molecule has 110 valence electrons. The van der Waals surface area contributed by atoms with Gasteiger partial charge < -0.3 is 5.32 Å². The fourth-order valence-corrected chi connectivity index (χ4v) is 2.54. The number of hydrazone groups is 1. The number of rotatable bonds is 10. The molecule has 1 N–H and O–H groups in total. The van der Waals surface area contributed by atoms with E-state index in [2.05, 4.69) is 58.2 Å². The van der Waals surface area contributed by atoms with Gasteiger partial charge in [0.2, 0.25) is 0 Å². The van der Waals surface area contributed by atoms with E-state index in [1.807, 2.05) is 0 Å². The fraction of sp³-hybridized carbons (Fsp3) is 0.800. The van der Waals surface area contributed by atoms with Crippen molar-refractivity contribution in [1.29, 1.82) is 0 Å². The molecule has 0 bridgehead atoms. The first-order chi connectivity index (χ1) is 9.08. The van der Waals surface area contributed by atoms with Crippen LogP contribution >= 0.6 is 9.24 Å². The van der Waals surface area contributed by atoms with E-state index in [0.717, 1.165) is 37.8 Å². The summed E-state index contributed by atoms with van der Waals surface area (Å²) in [5, 5.41) is 9.74. The molecule has 0 spiro atoms. The Bertz CT molecular complexity index is 298. The van der Waals surface area contributed by atoms with Crippen molar-refractivity contribution >= 4 is 16.0 Å². The van der Waals surface area contributed by atoms with E-state index in [4.69, 9.17) is 0 Å². The molecule has 0 aromatic heterocycles. The molecule has 1 aliphatic carbocycles. The molecule has 0 aliphatic heterocycles. The molecular formula is C15H30N3P. The van der Waals surface area contributed by atoms with E-state index in [9.17, 15) is 0 Å². The van der Waals surface area contributed by atoms with Gasteiger partial charge in [0.25, 0.3) is 0 Å². The van der Waals surface area contributed by atoms with Gasteiger partial charge in [-0.3, -0.25) is 5.01 Å². The number of nitrogens with one attached hydrogen (secondary N) is 1. The summed E-state index contributed by atoms with van der Waals surface area (Å²) in [6.45, 7) is 12.4. The maximum absolute atomic E-state index is 4.21. The Labute approximate surface area is 121 Å². The topological polar surface area (TPSA) is 27.6 Å². The van der Waals surface area contributed by atoms with Crippen LogP contribution in [-0.4, -0.2) is 30.6 Å². The van der Waals surface area contributed by atoms with Crippen LogP contribution in [0.1, 0.15) is 46.5 Å². The van der Waals surface area contributed by atoms with Crippen LogP contribution in [0.5, 0.6) is 0 Å². The highest BCUT2D eigenvalue weighted by Gasteiger charge is 2.29. The maximum Gasteiger partial charge on any atom is 0.0440 e. The summed E-state index contributed by atoms with van der Waals surface area (Å²) in [5.41, 5.74) is 1.31. The van der Waals surface area contributed by atoms with Gasteiger partial charge in [-0.2, -0.15) is 5.10 Å². The third-order valence-electron chi connectivity index (χ3n) is 3.80. The average Bonchev–Trinajstić information content (AvgIpc) is 3.20. The second-order valence-electron chi connectivity index (χ2n) is 5.66. The van der Waals surface area contributed by atoms with Crippen LogP contribution in [0, 0.1) is 11.8 Å². The molecule has 0 aromatic carbocycles. The van der Waals surface area contributed by atoms with Gasteiger partial charge in [-0.05, 0) is 57.9 Å². The molecule has 1 fully saturated rings. The number of hydrogen-bond donors (Lipinski definition) is 1. The van der Waals surface area contributed by atoms with Crippen LogP contribution in [0.3, 0.4) is 0 Å². The zero-order chi connectivity index (χ0) is 14.3. The molecule has 3 atom stereocenters. The Hall–Kier alpha value is -0.400. The van der Waals surface area contributed by atoms with Crippen LogP contribution in [0.25, 0.3) is 0 Å². The molecule has 1 rings (SSSR count). The first kappa shape index (κ1) is 16.7. The van der Waals surface area contributed by atoms with Crippen molar-refractivity contribution in [2.75, 3.05) is 13.1 Å². The molecule has 0 aromatic rings. The van der Waals surface area contributed by atoms with Gasteiger partial charge in [0.05, 0.1) is 0 Å². The normalized spacial score (nSPS) is 19.1. The van der Waals surface area contributed by atoms with E-state index in [0.29, 0.717) is 5.78 Å². The number of nitrogens with zero attached hydrogens (tertiary/aromatic N) is 2. The Morgan fingerprint density at radius 1 is 1.53 bits per heavy atom. The Morgan fingerprint density at radius 2 is 2.21 bits per heavy atom. The first-order valence-electron chi connectivity index (χ1n) is 7.46. The quantitative estimate of drug-likeness (QED) is 0.288. The molecule has 0 radical (unpaired) electrons. The Morgan fingerprint density at radius 3 is 2.68 bits per heavy atom. The van der Waals surface area contributed by atoms with E-state index < -0.39 is 0 Å². The van der Waals surface area contributed by atoms with E-state index in [1.165, 1.54) is 18.5 Å². The molecule has 3 nitrogen and oxygen atoms in total. The van der Waals surface area contributed by atoms with Crippen LogP contribution < -0.4 is 5.32 Å². The van der Waals surface area contributed by atoms with Crippen molar-refractivity contribution in [3.05, 3.63) is 11.8 Å². The first-order valence-corrected chi connectivity index (χ1v) is 8.13. The van der Waals surface area contributed by atoms with E-state index >= 15 is 0 Å². The third-order valence-corrected chi connectivity index (χ3v) is 4.03. The van der Waals surface area contributed by atoms with Gasteiger partial charge in [0, 0.05) is 24.7 Å². The van der Waals surface area contributed by atoms with Crippen molar-refractivity contribution in [3.63, 3.8) is 0 Å². The second kappa shape index (κ2) is 8.71. The second-order valence-corrected chi connectivity index (χ2v) is 6.66. The van der Waals surface area contributed by atoms with Gasteiger partial charge in [-0.25, -0.2) is 0 Å². The minimum Gasteiger partial charge on any atom is -0.311 e. The lowest BCUT2D eigenvalue weighted by molar-refractivity contribution is 0.282. The molecule has 0 saturated heterocycles. The van der Waals surface area contributed by atoms with Crippen LogP contribution in [0.4, 0.5) is 0 Å². The third kappa shape index (κ3) is 6.54. The summed E-state index contributed by atoms with van der Waals surface area (Å²) >= 11 is 0. The van der Waals surface area contributed by atoms with Crippen molar-refractivity contribution < 1.29 is 0 Å².